The van der Waals surface area contributed by atoms with Crippen molar-refractivity contribution in [1.29, 1.82) is 0 Å². The van der Waals surface area contributed by atoms with E-state index in [1.54, 1.807) is 36.5 Å². The molecule has 4 atom stereocenters. The summed E-state index contributed by atoms with van der Waals surface area (Å²) in [5.74, 6) is 0.0808. The predicted octanol–water partition coefficient (Wildman–Crippen LogP) is 6.59. The highest BCUT2D eigenvalue weighted by Gasteiger charge is 2.39. The standard InChI is InChI=1S/C35H41N3O5S/c1-25-31(23-38-20-5-3-2-4-6-21-38)42-35(43-34(25)28-17-15-26(24-39)16-18-28)29-11-7-13-30(22-29)37-44(40,41)32-14-8-10-27-12-9-19-36-33(27)32/h7-19,22,25,31,34-35,37,39H,2-6,20-21,23-24H2,1H3/t25-,31+,34+,35?/m0/s1. The molecule has 9 heteroatoms. The molecule has 0 aliphatic carbocycles. The summed E-state index contributed by atoms with van der Waals surface area (Å²) in [6.07, 6.45) is 6.82. The number of hydrogen-bond donors (Lipinski definition) is 2. The summed E-state index contributed by atoms with van der Waals surface area (Å²) in [7, 11) is -3.91. The van der Waals surface area contributed by atoms with E-state index in [2.05, 4.69) is 21.5 Å². The monoisotopic (exact) mass is 615 g/mol. The summed E-state index contributed by atoms with van der Waals surface area (Å²) in [5.41, 5.74) is 3.46. The summed E-state index contributed by atoms with van der Waals surface area (Å²) in [6.45, 7) is 5.11. The maximum atomic E-state index is 13.5. The number of likely N-dealkylation sites (tertiary alicyclic amines) is 1. The maximum Gasteiger partial charge on any atom is 0.264 e. The number of rotatable bonds is 8. The Balaban J connectivity index is 1.27. The normalized spacial score (nSPS) is 23.6. The van der Waals surface area contributed by atoms with Crippen LogP contribution in [-0.4, -0.2) is 49.1 Å². The number of para-hydroxylation sites is 1. The minimum atomic E-state index is -3.91. The van der Waals surface area contributed by atoms with Crippen molar-refractivity contribution in [1.82, 2.24) is 9.88 Å². The Kier molecular flexibility index (Phi) is 9.59. The lowest BCUT2D eigenvalue weighted by Gasteiger charge is -2.43. The minimum absolute atomic E-state index is 0.0117. The lowest BCUT2D eigenvalue weighted by atomic mass is 9.89. The molecule has 2 fully saturated rings. The van der Waals surface area contributed by atoms with Gasteiger partial charge in [-0.25, -0.2) is 8.42 Å². The Hall–Kier alpha value is -3.34. The summed E-state index contributed by atoms with van der Waals surface area (Å²) >= 11 is 0. The highest BCUT2D eigenvalue weighted by molar-refractivity contribution is 7.93. The molecule has 0 radical (unpaired) electrons. The summed E-state index contributed by atoms with van der Waals surface area (Å²) in [5, 5.41) is 10.3. The number of aliphatic hydroxyl groups is 1. The Morgan fingerprint density at radius 1 is 0.886 bits per heavy atom. The average molecular weight is 616 g/mol. The number of anilines is 1. The molecule has 4 aromatic rings. The van der Waals surface area contributed by atoms with E-state index in [-0.39, 0.29) is 29.6 Å². The van der Waals surface area contributed by atoms with Crippen LogP contribution in [-0.2, 0) is 26.1 Å². The molecule has 44 heavy (non-hydrogen) atoms. The number of aliphatic hydroxyl groups excluding tert-OH is 1. The minimum Gasteiger partial charge on any atom is -0.392 e. The topological polar surface area (TPSA) is 101 Å². The fourth-order valence-electron chi connectivity index (χ4n) is 6.33. The van der Waals surface area contributed by atoms with E-state index in [4.69, 9.17) is 9.47 Å². The van der Waals surface area contributed by atoms with E-state index in [1.165, 1.54) is 32.1 Å². The first-order chi connectivity index (χ1) is 21.4. The molecule has 2 N–H and O–H groups in total. The van der Waals surface area contributed by atoms with Crippen molar-refractivity contribution in [2.75, 3.05) is 24.4 Å². The molecular weight excluding hydrogens is 574 g/mol. The summed E-state index contributed by atoms with van der Waals surface area (Å²) in [6, 6.07) is 23.9. The van der Waals surface area contributed by atoms with E-state index in [1.807, 2.05) is 48.5 Å². The summed E-state index contributed by atoms with van der Waals surface area (Å²) < 4.78 is 43.1. The molecule has 3 heterocycles. The fourth-order valence-corrected chi connectivity index (χ4v) is 7.56. The van der Waals surface area contributed by atoms with Crippen LogP contribution in [0.25, 0.3) is 10.9 Å². The van der Waals surface area contributed by atoms with Gasteiger partial charge >= 0.3 is 0 Å². The van der Waals surface area contributed by atoms with Crippen LogP contribution >= 0.6 is 0 Å². The number of fused-ring (bicyclic) bond motifs is 1. The van der Waals surface area contributed by atoms with E-state index >= 15 is 0 Å². The second-order valence-corrected chi connectivity index (χ2v) is 13.6. The van der Waals surface area contributed by atoms with Crippen LogP contribution in [0.2, 0.25) is 0 Å². The molecule has 0 bridgehead atoms. The van der Waals surface area contributed by atoms with Crippen LogP contribution in [0, 0.1) is 5.92 Å². The third-order valence-electron chi connectivity index (χ3n) is 8.81. The van der Waals surface area contributed by atoms with Gasteiger partial charge in [-0.3, -0.25) is 9.71 Å². The van der Waals surface area contributed by atoms with Gasteiger partial charge in [-0.15, -0.1) is 0 Å². The molecule has 0 spiro atoms. The molecule has 2 aliphatic rings. The number of aromatic nitrogens is 1. The van der Waals surface area contributed by atoms with Crippen LogP contribution in [0.15, 0.2) is 90.0 Å². The Bertz CT molecular complexity index is 1650. The van der Waals surface area contributed by atoms with Crippen LogP contribution in [0.5, 0.6) is 0 Å². The molecule has 6 rings (SSSR count). The number of sulfonamides is 1. The lowest BCUT2D eigenvalue weighted by Crippen LogP contribution is -2.45. The van der Waals surface area contributed by atoms with Gasteiger partial charge in [0, 0.05) is 35.3 Å². The van der Waals surface area contributed by atoms with E-state index in [0.717, 1.165) is 41.7 Å². The van der Waals surface area contributed by atoms with Gasteiger partial charge in [0.25, 0.3) is 10.0 Å². The average Bonchev–Trinajstić information content (AvgIpc) is 3.03. The second-order valence-electron chi connectivity index (χ2n) is 12.0. The Labute approximate surface area is 260 Å². The first-order valence-corrected chi connectivity index (χ1v) is 17.1. The van der Waals surface area contributed by atoms with Crippen LogP contribution < -0.4 is 4.72 Å². The highest BCUT2D eigenvalue weighted by atomic mass is 32.2. The van der Waals surface area contributed by atoms with Gasteiger partial charge in [0.05, 0.1) is 24.3 Å². The lowest BCUT2D eigenvalue weighted by molar-refractivity contribution is -0.276. The Morgan fingerprint density at radius 2 is 1.61 bits per heavy atom. The zero-order valence-electron chi connectivity index (χ0n) is 25.1. The van der Waals surface area contributed by atoms with Crippen molar-refractivity contribution < 1.29 is 23.0 Å². The van der Waals surface area contributed by atoms with Gasteiger partial charge in [0.15, 0.2) is 6.29 Å². The number of ether oxygens (including phenoxy) is 2. The van der Waals surface area contributed by atoms with Gasteiger partial charge in [0.1, 0.15) is 4.90 Å². The molecule has 0 amide bonds. The van der Waals surface area contributed by atoms with Crippen molar-refractivity contribution in [2.24, 2.45) is 5.92 Å². The van der Waals surface area contributed by atoms with Crippen molar-refractivity contribution in [3.8, 4) is 0 Å². The number of pyridine rings is 1. The molecule has 232 valence electrons. The zero-order valence-corrected chi connectivity index (χ0v) is 26.0. The van der Waals surface area contributed by atoms with E-state index in [9.17, 15) is 13.5 Å². The van der Waals surface area contributed by atoms with Gasteiger partial charge in [-0.2, -0.15) is 0 Å². The van der Waals surface area contributed by atoms with Gasteiger partial charge in [-0.05, 0) is 61.3 Å². The van der Waals surface area contributed by atoms with Crippen molar-refractivity contribution in [3.05, 3.63) is 102 Å². The molecule has 0 saturated carbocycles. The first kappa shape index (κ1) is 30.7. The SMILES string of the molecule is C[C@H]1[C@@H](CN2CCCCCCC2)OC(c2cccc(NS(=O)(=O)c3cccc4cccnc34)c2)O[C@H]1c1ccc(CO)cc1. The van der Waals surface area contributed by atoms with Crippen LogP contribution in [0.4, 0.5) is 5.69 Å². The predicted molar refractivity (Wildman–Crippen MR) is 171 cm³/mol. The number of hydrogen-bond acceptors (Lipinski definition) is 7. The number of benzene rings is 3. The smallest absolute Gasteiger partial charge is 0.264 e. The van der Waals surface area contributed by atoms with Gasteiger partial charge < -0.3 is 19.5 Å². The van der Waals surface area contributed by atoms with E-state index < -0.39 is 16.3 Å². The van der Waals surface area contributed by atoms with Crippen molar-refractivity contribution >= 4 is 26.6 Å². The maximum absolute atomic E-state index is 13.5. The van der Waals surface area contributed by atoms with E-state index in [0.29, 0.717) is 11.2 Å². The molecule has 8 nitrogen and oxygen atoms in total. The highest BCUT2D eigenvalue weighted by Crippen LogP contribution is 2.42. The van der Waals surface area contributed by atoms with Crippen molar-refractivity contribution in [2.45, 2.75) is 69.0 Å². The van der Waals surface area contributed by atoms with Gasteiger partial charge in [0.2, 0.25) is 0 Å². The molecule has 1 unspecified atom stereocenters. The second kappa shape index (κ2) is 13.7. The zero-order chi connectivity index (χ0) is 30.5. The summed E-state index contributed by atoms with van der Waals surface area (Å²) in [4.78, 5) is 6.98. The van der Waals surface area contributed by atoms with Crippen LogP contribution in [0.1, 0.15) is 68.1 Å². The van der Waals surface area contributed by atoms with Crippen molar-refractivity contribution in [3.63, 3.8) is 0 Å². The third kappa shape index (κ3) is 6.98. The van der Waals surface area contributed by atoms with Crippen LogP contribution in [0.3, 0.4) is 0 Å². The number of nitrogens with one attached hydrogen (secondary N) is 1. The Morgan fingerprint density at radius 3 is 2.39 bits per heavy atom. The number of nitrogens with zero attached hydrogens (tertiary/aromatic N) is 2. The largest absolute Gasteiger partial charge is 0.392 e. The quantitative estimate of drug-likeness (QED) is 0.231. The third-order valence-corrected chi connectivity index (χ3v) is 10.2. The first-order valence-electron chi connectivity index (χ1n) is 15.6. The molecular formula is C35H41N3O5S. The molecule has 1 aromatic heterocycles. The molecule has 3 aromatic carbocycles. The molecule has 2 aliphatic heterocycles. The van der Waals surface area contributed by atoms with Gasteiger partial charge in [-0.1, -0.05) is 80.8 Å². The fraction of sp³-hybridized carbons (Fsp3) is 0.400. The molecule has 2 saturated heterocycles.